The van der Waals surface area contributed by atoms with Crippen molar-refractivity contribution in [2.75, 3.05) is 7.11 Å². The molecule has 3 aromatic rings. The molecular formula is C20H18F3N3O3. The van der Waals surface area contributed by atoms with Gasteiger partial charge >= 0.3 is 12.1 Å². The highest BCUT2D eigenvalue weighted by atomic mass is 19.4. The first-order chi connectivity index (χ1) is 13.8. The smallest absolute Gasteiger partial charge is 0.329 e. The van der Waals surface area contributed by atoms with Crippen molar-refractivity contribution in [1.29, 1.82) is 0 Å². The number of carbonyl (C=O) groups is 1. The van der Waals surface area contributed by atoms with E-state index in [1.807, 2.05) is 37.3 Å². The number of nitrogens with zero attached hydrogens (tertiary/aromatic N) is 3. The molecule has 3 rings (SSSR count). The Balaban J connectivity index is 1.70. The molecule has 0 bridgehead atoms. The topological polar surface area (TPSA) is 68.5 Å². The van der Waals surface area contributed by atoms with Gasteiger partial charge in [-0.15, -0.1) is 0 Å². The molecule has 0 N–H and O–H groups in total. The average Bonchev–Trinajstić information content (AvgIpc) is 3.20. The Morgan fingerprint density at radius 3 is 2.34 bits per heavy atom. The van der Waals surface area contributed by atoms with Crippen LogP contribution in [0.2, 0.25) is 0 Å². The maximum absolute atomic E-state index is 12.7. The van der Waals surface area contributed by atoms with Crippen molar-refractivity contribution in [3.05, 3.63) is 71.6 Å². The van der Waals surface area contributed by atoms with Crippen molar-refractivity contribution in [2.45, 2.75) is 25.6 Å². The first kappa shape index (κ1) is 20.5. The van der Waals surface area contributed by atoms with E-state index in [1.54, 1.807) is 12.1 Å². The maximum atomic E-state index is 12.7. The van der Waals surface area contributed by atoms with Gasteiger partial charge in [-0.3, -0.25) is 9.63 Å². The van der Waals surface area contributed by atoms with Crippen LogP contribution in [0, 0.1) is 0 Å². The molecule has 9 heteroatoms. The summed E-state index contributed by atoms with van der Waals surface area (Å²) < 4.78 is 41.9. The van der Waals surface area contributed by atoms with Crippen molar-refractivity contribution < 1.29 is 27.3 Å². The fourth-order valence-electron chi connectivity index (χ4n) is 2.82. The lowest BCUT2D eigenvalue weighted by atomic mass is 10.1. The van der Waals surface area contributed by atoms with Crippen LogP contribution in [-0.4, -0.2) is 28.2 Å². The summed E-state index contributed by atoms with van der Waals surface area (Å²) in [5.74, 6) is -1.83. The Bertz CT molecular complexity index is 956. The second kappa shape index (κ2) is 8.44. The minimum atomic E-state index is -4.70. The third kappa shape index (κ3) is 4.80. The Labute approximate surface area is 164 Å². The van der Waals surface area contributed by atoms with Gasteiger partial charge in [0.05, 0.1) is 19.6 Å². The summed E-state index contributed by atoms with van der Waals surface area (Å²) in [4.78, 5) is 21.3. The number of alkyl halides is 3. The van der Waals surface area contributed by atoms with E-state index in [0.717, 1.165) is 5.56 Å². The average molecular weight is 405 g/mol. The first-order valence-electron chi connectivity index (χ1n) is 8.71. The monoisotopic (exact) mass is 405 g/mol. The van der Waals surface area contributed by atoms with Gasteiger partial charge in [-0.2, -0.15) is 18.2 Å². The van der Waals surface area contributed by atoms with E-state index < -0.39 is 12.1 Å². The van der Waals surface area contributed by atoms with E-state index in [9.17, 15) is 18.0 Å². The summed E-state index contributed by atoms with van der Waals surface area (Å²) in [7, 11) is 1.43. The lowest BCUT2D eigenvalue weighted by molar-refractivity contribution is -0.187. The van der Waals surface area contributed by atoms with Crippen molar-refractivity contribution in [1.82, 2.24) is 15.2 Å². The third-order valence-corrected chi connectivity index (χ3v) is 4.31. The summed E-state index contributed by atoms with van der Waals surface area (Å²) in [6.45, 7) is 1.86. The summed E-state index contributed by atoms with van der Waals surface area (Å²) in [6, 6.07) is 15.5. The number of carbonyl (C=O) groups excluding carboxylic acids is 1. The Morgan fingerprint density at radius 1 is 1.14 bits per heavy atom. The predicted molar refractivity (Wildman–Crippen MR) is 97.2 cm³/mol. The zero-order valence-corrected chi connectivity index (χ0v) is 15.7. The Hall–Kier alpha value is -3.20. The van der Waals surface area contributed by atoms with Crippen molar-refractivity contribution in [3.63, 3.8) is 0 Å². The molecule has 0 radical (unpaired) electrons. The summed E-state index contributed by atoms with van der Waals surface area (Å²) in [6.07, 6.45) is -4.64. The third-order valence-electron chi connectivity index (χ3n) is 4.31. The Kier molecular flexibility index (Phi) is 5.97. The lowest BCUT2D eigenvalue weighted by Crippen LogP contribution is -2.33. The number of hydrogen-bond acceptors (Lipinski definition) is 5. The number of benzene rings is 2. The fraction of sp³-hybridized carbons (Fsp3) is 0.250. The molecule has 6 nitrogen and oxygen atoms in total. The molecule has 0 aliphatic rings. The highest BCUT2D eigenvalue weighted by Gasteiger charge is 2.38. The normalized spacial score (nSPS) is 12.6. The van der Waals surface area contributed by atoms with Crippen molar-refractivity contribution in [3.8, 4) is 11.4 Å². The van der Waals surface area contributed by atoms with Crippen LogP contribution < -0.4 is 0 Å². The van der Waals surface area contributed by atoms with Crippen LogP contribution >= 0.6 is 0 Å². The van der Waals surface area contributed by atoms with Gasteiger partial charge in [0.15, 0.2) is 0 Å². The summed E-state index contributed by atoms with van der Waals surface area (Å²) in [5.41, 5.74) is 1.94. The van der Waals surface area contributed by atoms with E-state index in [4.69, 9.17) is 4.84 Å². The van der Waals surface area contributed by atoms with Gasteiger partial charge < -0.3 is 4.52 Å². The molecular weight excluding hydrogens is 387 g/mol. The van der Waals surface area contributed by atoms with Gasteiger partial charge in [-0.05, 0) is 18.1 Å². The van der Waals surface area contributed by atoms with Crippen LogP contribution in [0.3, 0.4) is 0 Å². The van der Waals surface area contributed by atoms with E-state index in [1.165, 1.54) is 24.3 Å². The molecule has 152 valence electrons. The molecule has 2 aromatic carbocycles. The molecule has 1 heterocycles. The number of rotatable bonds is 6. The van der Waals surface area contributed by atoms with E-state index in [0.29, 0.717) is 11.1 Å². The van der Waals surface area contributed by atoms with Crippen LogP contribution in [-0.2, 0) is 22.2 Å². The fourth-order valence-corrected chi connectivity index (χ4v) is 2.82. The van der Waals surface area contributed by atoms with Crippen LogP contribution in [0.15, 0.2) is 59.1 Å². The molecule has 1 amide bonds. The van der Waals surface area contributed by atoms with Gasteiger partial charge in [0.1, 0.15) is 0 Å². The number of hydrogen-bond donors (Lipinski definition) is 0. The zero-order chi connectivity index (χ0) is 21.0. The van der Waals surface area contributed by atoms with Gasteiger partial charge in [0, 0.05) is 5.56 Å². The van der Waals surface area contributed by atoms with Crippen LogP contribution in [0.25, 0.3) is 11.4 Å². The highest BCUT2D eigenvalue weighted by molar-refractivity contribution is 5.78. The predicted octanol–water partition coefficient (Wildman–Crippen LogP) is 4.45. The SMILES string of the molecule is CON(C(=O)Cc1ccc(-c2noc(C(F)(F)F)n2)cc1)C(C)c1ccccc1. The molecule has 0 saturated carbocycles. The molecule has 0 fully saturated rings. The van der Waals surface area contributed by atoms with Gasteiger partial charge in [0.25, 0.3) is 5.91 Å². The quantitative estimate of drug-likeness (QED) is 0.567. The van der Waals surface area contributed by atoms with Crippen LogP contribution in [0.1, 0.15) is 30.0 Å². The van der Waals surface area contributed by atoms with Crippen LogP contribution in [0.4, 0.5) is 13.2 Å². The van der Waals surface area contributed by atoms with Gasteiger partial charge in [0.2, 0.25) is 5.82 Å². The zero-order valence-electron chi connectivity index (χ0n) is 15.7. The summed E-state index contributed by atoms with van der Waals surface area (Å²) in [5, 5.41) is 4.63. The molecule has 1 unspecified atom stereocenters. The largest absolute Gasteiger partial charge is 0.471 e. The molecule has 0 spiro atoms. The van der Waals surface area contributed by atoms with Gasteiger partial charge in [-0.25, -0.2) is 5.06 Å². The lowest BCUT2D eigenvalue weighted by Gasteiger charge is -2.27. The second-order valence-corrected chi connectivity index (χ2v) is 6.28. The molecule has 1 aromatic heterocycles. The number of halogens is 3. The molecule has 0 aliphatic carbocycles. The van der Waals surface area contributed by atoms with Crippen molar-refractivity contribution >= 4 is 5.91 Å². The molecule has 0 aliphatic heterocycles. The number of amides is 1. The number of aromatic nitrogens is 2. The minimum absolute atomic E-state index is 0.0609. The first-order valence-corrected chi connectivity index (χ1v) is 8.71. The van der Waals surface area contributed by atoms with Crippen LogP contribution in [0.5, 0.6) is 0 Å². The highest BCUT2D eigenvalue weighted by Crippen LogP contribution is 2.29. The standard InChI is InChI=1S/C20H18F3N3O3/c1-13(15-6-4-3-5-7-15)26(28-2)17(27)12-14-8-10-16(11-9-14)18-24-19(29-25-18)20(21,22)23/h3-11,13H,12H2,1-2H3. The van der Waals surface area contributed by atoms with E-state index in [2.05, 4.69) is 14.7 Å². The van der Waals surface area contributed by atoms with E-state index >= 15 is 0 Å². The molecule has 1 atom stereocenters. The van der Waals surface area contributed by atoms with Crippen molar-refractivity contribution in [2.24, 2.45) is 0 Å². The minimum Gasteiger partial charge on any atom is -0.329 e. The van der Waals surface area contributed by atoms with E-state index in [-0.39, 0.29) is 24.2 Å². The molecule has 0 saturated heterocycles. The Morgan fingerprint density at radius 2 is 1.79 bits per heavy atom. The number of hydroxylamine groups is 2. The molecule has 29 heavy (non-hydrogen) atoms. The van der Waals surface area contributed by atoms with Gasteiger partial charge in [-0.1, -0.05) is 59.8 Å². The maximum Gasteiger partial charge on any atom is 0.471 e. The summed E-state index contributed by atoms with van der Waals surface area (Å²) >= 11 is 0. The second-order valence-electron chi connectivity index (χ2n) is 6.28.